The molecule has 130 valence electrons. The van der Waals surface area contributed by atoms with E-state index in [1.807, 2.05) is 55.5 Å². The summed E-state index contributed by atoms with van der Waals surface area (Å²) in [5.74, 6) is 0.627. The molecular formula is C19H14N2O2S3. The number of nitrogens with zero attached hydrogens (tertiary/aromatic N) is 2. The zero-order valence-electron chi connectivity index (χ0n) is 13.8. The molecule has 0 radical (unpaired) electrons. The fourth-order valence-corrected chi connectivity index (χ4v) is 5.00. The van der Waals surface area contributed by atoms with E-state index in [0.29, 0.717) is 15.3 Å². The average Bonchev–Trinajstić information content (AvgIpc) is 3.00. The highest BCUT2D eigenvalue weighted by Crippen LogP contribution is 2.29. The highest BCUT2D eigenvalue weighted by atomic mass is 32.2. The van der Waals surface area contributed by atoms with Crippen LogP contribution in [0.4, 0.5) is 0 Å². The van der Waals surface area contributed by atoms with Crippen LogP contribution in [0.2, 0.25) is 0 Å². The Kier molecular flexibility index (Phi) is 4.76. The molecule has 2 heterocycles. The Bertz CT molecular complexity index is 1190. The van der Waals surface area contributed by atoms with Crippen molar-refractivity contribution < 1.29 is 4.42 Å². The van der Waals surface area contributed by atoms with Crippen LogP contribution in [0.25, 0.3) is 16.7 Å². The van der Waals surface area contributed by atoms with Gasteiger partial charge in [0.2, 0.25) is 0 Å². The molecule has 7 heteroatoms. The third-order valence-electron chi connectivity index (χ3n) is 3.87. The molecule has 0 saturated heterocycles. The standard InChI is InChI=1S/C19H14N2O2S3/c1-12-7-8-15-13(10-17(22)23-16(15)9-12)11-25-18-20-21(19(24)26-18)14-5-3-2-4-6-14/h2-10H,11H2,1H3. The normalized spacial score (nSPS) is 11.1. The van der Waals surface area contributed by atoms with Gasteiger partial charge >= 0.3 is 5.63 Å². The molecule has 0 bridgehead atoms. The first-order chi connectivity index (χ1) is 12.6. The van der Waals surface area contributed by atoms with Gasteiger partial charge in [0, 0.05) is 17.2 Å². The van der Waals surface area contributed by atoms with E-state index < -0.39 is 0 Å². The predicted octanol–water partition coefficient (Wildman–Crippen LogP) is 5.37. The van der Waals surface area contributed by atoms with Gasteiger partial charge in [0.1, 0.15) is 5.58 Å². The van der Waals surface area contributed by atoms with Crippen molar-refractivity contribution in [3.8, 4) is 5.69 Å². The average molecular weight is 399 g/mol. The summed E-state index contributed by atoms with van der Waals surface area (Å²) in [5, 5.41) is 5.56. The number of rotatable bonds is 4. The van der Waals surface area contributed by atoms with Crippen LogP contribution in [0.15, 0.2) is 68.1 Å². The first-order valence-electron chi connectivity index (χ1n) is 7.92. The maximum Gasteiger partial charge on any atom is 0.336 e. The van der Waals surface area contributed by atoms with Gasteiger partial charge in [0.25, 0.3) is 0 Å². The SMILES string of the molecule is Cc1ccc2c(CSc3nn(-c4ccccc4)c(=S)s3)cc(=O)oc2c1. The number of fused-ring (bicyclic) bond motifs is 1. The Labute approximate surface area is 163 Å². The minimum atomic E-state index is -0.332. The first-order valence-corrected chi connectivity index (χ1v) is 10.1. The monoisotopic (exact) mass is 398 g/mol. The number of thioether (sulfide) groups is 1. The highest BCUT2D eigenvalue weighted by molar-refractivity contribution is 8.00. The Morgan fingerprint density at radius 3 is 2.81 bits per heavy atom. The molecule has 0 amide bonds. The zero-order chi connectivity index (χ0) is 18.1. The van der Waals surface area contributed by atoms with E-state index in [9.17, 15) is 4.79 Å². The largest absolute Gasteiger partial charge is 0.423 e. The Balaban J connectivity index is 1.63. The highest BCUT2D eigenvalue weighted by Gasteiger charge is 2.10. The second-order valence-electron chi connectivity index (χ2n) is 5.76. The quantitative estimate of drug-likeness (QED) is 0.263. The molecule has 0 N–H and O–H groups in total. The number of benzene rings is 2. The van der Waals surface area contributed by atoms with Crippen molar-refractivity contribution in [2.45, 2.75) is 17.0 Å². The number of aromatic nitrogens is 2. The Hall–Kier alpha value is -2.22. The van der Waals surface area contributed by atoms with Crippen LogP contribution >= 0.6 is 35.3 Å². The second kappa shape index (κ2) is 7.19. The van der Waals surface area contributed by atoms with E-state index in [-0.39, 0.29) is 5.63 Å². The molecule has 4 nitrogen and oxygen atoms in total. The van der Waals surface area contributed by atoms with Crippen LogP contribution in [0, 0.1) is 10.9 Å². The van der Waals surface area contributed by atoms with Gasteiger partial charge in [0.05, 0.1) is 5.69 Å². The van der Waals surface area contributed by atoms with E-state index in [1.165, 1.54) is 11.3 Å². The second-order valence-corrected chi connectivity index (χ2v) is 8.61. The molecule has 0 unspecified atom stereocenters. The number of aryl methyl sites for hydroxylation is 1. The maximum atomic E-state index is 11.9. The van der Waals surface area contributed by atoms with Crippen molar-refractivity contribution >= 4 is 46.3 Å². The maximum absolute atomic E-state index is 11.9. The van der Waals surface area contributed by atoms with Gasteiger partial charge in [-0.2, -0.15) is 0 Å². The third kappa shape index (κ3) is 3.51. The van der Waals surface area contributed by atoms with Crippen LogP contribution in [0.5, 0.6) is 0 Å². The van der Waals surface area contributed by atoms with Crippen molar-refractivity contribution in [1.29, 1.82) is 0 Å². The summed E-state index contributed by atoms with van der Waals surface area (Å²) >= 11 is 8.48. The predicted molar refractivity (Wildman–Crippen MR) is 109 cm³/mol. The van der Waals surface area contributed by atoms with E-state index >= 15 is 0 Å². The van der Waals surface area contributed by atoms with Crippen molar-refractivity contribution in [3.63, 3.8) is 0 Å². The fourth-order valence-electron chi connectivity index (χ4n) is 2.65. The van der Waals surface area contributed by atoms with Gasteiger partial charge in [0.15, 0.2) is 8.29 Å². The fraction of sp³-hybridized carbons (Fsp3) is 0.105. The molecule has 0 aliphatic heterocycles. The summed E-state index contributed by atoms with van der Waals surface area (Å²) in [6.45, 7) is 1.98. The van der Waals surface area contributed by atoms with Crippen LogP contribution in [0.1, 0.15) is 11.1 Å². The molecule has 26 heavy (non-hydrogen) atoms. The summed E-state index contributed by atoms with van der Waals surface area (Å²) in [6, 6.07) is 17.3. The van der Waals surface area contributed by atoms with E-state index in [0.717, 1.165) is 26.5 Å². The number of para-hydroxylation sites is 1. The lowest BCUT2D eigenvalue weighted by atomic mass is 10.1. The minimum Gasteiger partial charge on any atom is -0.423 e. The summed E-state index contributed by atoms with van der Waals surface area (Å²) < 4.78 is 8.65. The minimum absolute atomic E-state index is 0.332. The smallest absolute Gasteiger partial charge is 0.336 e. The van der Waals surface area contributed by atoms with Crippen LogP contribution < -0.4 is 5.63 Å². The van der Waals surface area contributed by atoms with E-state index in [1.54, 1.807) is 22.5 Å². The molecule has 2 aromatic carbocycles. The molecule has 4 aromatic rings. The van der Waals surface area contributed by atoms with E-state index in [2.05, 4.69) is 5.10 Å². The Morgan fingerprint density at radius 1 is 1.19 bits per heavy atom. The van der Waals surface area contributed by atoms with Gasteiger partial charge < -0.3 is 4.42 Å². The topological polar surface area (TPSA) is 48.0 Å². The lowest BCUT2D eigenvalue weighted by molar-refractivity contribution is 0.559. The van der Waals surface area contributed by atoms with Gasteiger partial charge in [-0.25, -0.2) is 9.48 Å². The van der Waals surface area contributed by atoms with Gasteiger partial charge in [-0.3, -0.25) is 0 Å². The molecule has 0 spiro atoms. The molecule has 0 aliphatic carbocycles. The summed E-state index contributed by atoms with van der Waals surface area (Å²) in [4.78, 5) is 11.9. The van der Waals surface area contributed by atoms with Crippen LogP contribution in [-0.4, -0.2) is 9.78 Å². The molecule has 0 saturated carbocycles. The van der Waals surface area contributed by atoms with Crippen molar-refractivity contribution in [2.75, 3.05) is 0 Å². The Morgan fingerprint density at radius 2 is 2.00 bits per heavy atom. The molecule has 0 fully saturated rings. The van der Waals surface area contributed by atoms with Gasteiger partial charge in [-0.05, 0) is 48.5 Å². The zero-order valence-corrected chi connectivity index (χ0v) is 16.3. The van der Waals surface area contributed by atoms with Crippen molar-refractivity contribution in [3.05, 3.63) is 80.1 Å². The molecule has 4 rings (SSSR count). The molecular weight excluding hydrogens is 384 g/mol. The van der Waals surface area contributed by atoms with Crippen LogP contribution in [-0.2, 0) is 5.75 Å². The van der Waals surface area contributed by atoms with Crippen LogP contribution in [0.3, 0.4) is 0 Å². The van der Waals surface area contributed by atoms with Gasteiger partial charge in [-0.1, -0.05) is 53.4 Å². The lowest BCUT2D eigenvalue weighted by Crippen LogP contribution is -2.00. The summed E-state index contributed by atoms with van der Waals surface area (Å²) in [7, 11) is 0. The third-order valence-corrected chi connectivity index (χ3v) is 6.28. The number of hydrogen-bond donors (Lipinski definition) is 0. The van der Waals surface area contributed by atoms with E-state index in [4.69, 9.17) is 16.6 Å². The molecule has 0 atom stereocenters. The summed E-state index contributed by atoms with van der Waals surface area (Å²) in [6.07, 6.45) is 0. The number of hydrogen-bond acceptors (Lipinski definition) is 6. The summed E-state index contributed by atoms with van der Waals surface area (Å²) in [5.41, 5.74) is 3.23. The van der Waals surface area contributed by atoms with Gasteiger partial charge in [-0.15, -0.1) is 5.10 Å². The molecule has 2 aromatic heterocycles. The first kappa shape index (κ1) is 17.2. The van der Waals surface area contributed by atoms with Crippen molar-refractivity contribution in [1.82, 2.24) is 9.78 Å². The molecule has 0 aliphatic rings. The lowest BCUT2D eigenvalue weighted by Gasteiger charge is -2.04. The van der Waals surface area contributed by atoms with Crippen molar-refractivity contribution in [2.24, 2.45) is 0 Å².